The largest absolute Gasteiger partial charge is 0.372 e. The molecule has 2 unspecified atom stereocenters. The fourth-order valence-corrected chi connectivity index (χ4v) is 4.98. The van der Waals surface area contributed by atoms with E-state index in [4.69, 9.17) is 16.3 Å². The SMILES string of the molecule is COC(c1ncc(Cl)cn1)C(C)SNc1nnc(-c2n[nH]c3c2CCC3)n1C1(C)CC1. The van der Waals surface area contributed by atoms with E-state index in [1.54, 1.807) is 19.5 Å². The van der Waals surface area contributed by atoms with Crippen molar-refractivity contribution in [3.05, 3.63) is 34.5 Å². The maximum atomic E-state index is 5.92. The van der Waals surface area contributed by atoms with E-state index in [9.17, 15) is 0 Å². The predicted molar refractivity (Wildman–Crippen MR) is 120 cm³/mol. The van der Waals surface area contributed by atoms with Gasteiger partial charge in [-0.2, -0.15) is 5.10 Å². The number of fused-ring (bicyclic) bond motifs is 1. The third-order valence-electron chi connectivity index (χ3n) is 6.11. The van der Waals surface area contributed by atoms with Gasteiger partial charge in [0.1, 0.15) is 11.8 Å². The van der Waals surface area contributed by atoms with E-state index in [-0.39, 0.29) is 16.9 Å². The van der Waals surface area contributed by atoms with Crippen LogP contribution in [0.4, 0.5) is 5.95 Å². The van der Waals surface area contributed by atoms with Gasteiger partial charge in [0.2, 0.25) is 5.95 Å². The number of hydrogen-bond acceptors (Lipinski definition) is 8. The van der Waals surface area contributed by atoms with Crippen LogP contribution in [0.1, 0.15) is 56.3 Å². The molecule has 0 radical (unpaired) electrons. The van der Waals surface area contributed by atoms with Gasteiger partial charge in [-0.05, 0) is 57.9 Å². The lowest BCUT2D eigenvalue weighted by atomic mass is 10.2. The highest BCUT2D eigenvalue weighted by Gasteiger charge is 2.44. The number of anilines is 1. The van der Waals surface area contributed by atoms with Crippen molar-refractivity contribution in [3.8, 4) is 11.5 Å². The number of aromatic amines is 1. The zero-order valence-electron chi connectivity index (χ0n) is 17.7. The van der Waals surface area contributed by atoms with Crippen LogP contribution in [0.15, 0.2) is 12.4 Å². The van der Waals surface area contributed by atoms with Gasteiger partial charge in [-0.25, -0.2) is 9.97 Å². The molecule has 0 saturated heterocycles. The van der Waals surface area contributed by atoms with Crippen LogP contribution >= 0.6 is 23.5 Å². The summed E-state index contributed by atoms with van der Waals surface area (Å²) >= 11 is 7.43. The Bertz CT molecular complexity index is 1080. The highest BCUT2D eigenvalue weighted by molar-refractivity contribution is 8.01. The normalized spacial score (nSPS) is 18.6. The monoisotopic (exact) mass is 460 g/mol. The molecule has 3 aromatic heterocycles. The first kappa shape index (κ1) is 20.7. The van der Waals surface area contributed by atoms with E-state index in [1.165, 1.54) is 23.2 Å². The van der Waals surface area contributed by atoms with E-state index < -0.39 is 0 Å². The third kappa shape index (κ3) is 3.81. The quantitative estimate of drug-likeness (QED) is 0.487. The molecule has 164 valence electrons. The molecule has 0 aromatic carbocycles. The van der Waals surface area contributed by atoms with Crippen LogP contribution in [0.3, 0.4) is 0 Å². The lowest BCUT2D eigenvalue weighted by Gasteiger charge is -2.22. The maximum Gasteiger partial charge on any atom is 0.235 e. The van der Waals surface area contributed by atoms with Gasteiger partial charge in [0.15, 0.2) is 11.6 Å². The van der Waals surface area contributed by atoms with Crippen LogP contribution in [0.25, 0.3) is 11.5 Å². The van der Waals surface area contributed by atoms with Gasteiger partial charge in [-0.3, -0.25) is 14.4 Å². The molecule has 1 saturated carbocycles. The van der Waals surface area contributed by atoms with E-state index >= 15 is 0 Å². The molecule has 0 amide bonds. The second-order valence-electron chi connectivity index (χ2n) is 8.40. The van der Waals surface area contributed by atoms with E-state index in [0.29, 0.717) is 10.8 Å². The van der Waals surface area contributed by atoms with E-state index in [2.05, 4.69) is 53.5 Å². The Balaban J connectivity index is 1.38. The van der Waals surface area contributed by atoms with Crippen LogP contribution in [0, 0.1) is 0 Å². The first-order valence-electron chi connectivity index (χ1n) is 10.4. The third-order valence-corrected chi connectivity index (χ3v) is 7.22. The first-order chi connectivity index (χ1) is 15.0. The summed E-state index contributed by atoms with van der Waals surface area (Å²) in [6.07, 6.45) is 8.31. The highest BCUT2D eigenvalue weighted by Crippen LogP contribution is 2.47. The van der Waals surface area contributed by atoms with Gasteiger partial charge in [0.05, 0.1) is 10.3 Å². The summed E-state index contributed by atoms with van der Waals surface area (Å²) in [5.41, 5.74) is 3.46. The number of rotatable bonds is 8. The number of ether oxygens (including phenoxy) is 1. The van der Waals surface area contributed by atoms with Gasteiger partial charge in [-0.1, -0.05) is 11.6 Å². The molecule has 2 aliphatic carbocycles. The Morgan fingerprint density at radius 1 is 1.26 bits per heavy atom. The minimum absolute atomic E-state index is 0.00928. The van der Waals surface area contributed by atoms with Crippen molar-refractivity contribution in [2.75, 3.05) is 11.8 Å². The summed E-state index contributed by atoms with van der Waals surface area (Å²) in [6, 6.07) is 0. The number of aryl methyl sites for hydroxylation is 1. The molecule has 2 N–H and O–H groups in total. The van der Waals surface area contributed by atoms with Crippen LogP contribution in [0.5, 0.6) is 0 Å². The summed E-state index contributed by atoms with van der Waals surface area (Å²) in [4.78, 5) is 8.62. The Morgan fingerprint density at radius 2 is 2.03 bits per heavy atom. The topological polar surface area (TPSA) is 106 Å². The second-order valence-corrected chi connectivity index (χ2v) is 10.0. The zero-order valence-corrected chi connectivity index (χ0v) is 19.3. The van der Waals surface area contributed by atoms with Crippen LogP contribution in [-0.4, -0.2) is 47.3 Å². The van der Waals surface area contributed by atoms with Gasteiger partial charge in [0, 0.05) is 36.3 Å². The average Bonchev–Trinajstić information content (AvgIpc) is 3.14. The van der Waals surface area contributed by atoms with Crippen molar-refractivity contribution in [1.82, 2.24) is 34.9 Å². The average molecular weight is 461 g/mol. The number of halogens is 1. The molecule has 31 heavy (non-hydrogen) atoms. The molecular formula is C20H25ClN8OS. The number of nitrogens with one attached hydrogen (secondary N) is 2. The molecule has 3 heterocycles. The Kier molecular flexibility index (Phi) is 5.39. The lowest BCUT2D eigenvalue weighted by Crippen LogP contribution is -2.20. The summed E-state index contributed by atoms with van der Waals surface area (Å²) in [7, 11) is 1.66. The number of H-pyrrole nitrogens is 1. The number of methoxy groups -OCH3 is 1. The van der Waals surface area contributed by atoms with Gasteiger partial charge >= 0.3 is 0 Å². The minimum Gasteiger partial charge on any atom is -0.372 e. The van der Waals surface area contributed by atoms with Crippen molar-refractivity contribution < 1.29 is 4.74 Å². The molecule has 0 aliphatic heterocycles. The Labute approximate surface area is 189 Å². The van der Waals surface area contributed by atoms with Crippen LogP contribution in [0.2, 0.25) is 5.02 Å². The van der Waals surface area contributed by atoms with Crippen molar-refractivity contribution in [2.24, 2.45) is 0 Å². The second kappa shape index (κ2) is 8.07. The van der Waals surface area contributed by atoms with Crippen molar-refractivity contribution >= 4 is 29.5 Å². The van der Waals surface area contributed by atoms with Gasteiger partial charge in [-0.15, -0.1) is 10.2 Å². The fraction of sp³-hybridized carbons (Fsp3) is 0.550. The summed E-state index contributed by atoms with van der Waals surface area (Å²) in [5, 5.41) is 17.3. The summed E-state index contributed by atoms with van der Waals surface area (Å²) < 4.78 is 11.3. The molecule has 0 spiro atoms. The predicted octanol–water partition coefficient (Wildman–Crippen LogP) is 3.95. The molecule has 5 rings (SSSR count). The molecular weight excluding hydrogens is 436 g/mol. The molecule has 11 heteroatoms. The van der Waals surface area contributed by atoms with E-state index in [0.717, 1.165) is 49.6 Å². The summed E-state index contributed by atoms with van der Waals surface area (Å²) in [6.45, 7) is 4.30. The standard InChI is InChI=1S/C20H25ClN8OS/c1-11(16(30-3)17-22-9-12(21)10-23-17)31-28-19-27-26-18(29(19)20(2)7-8-20)15-13-5-4-6-14(13)24-25-15/h9-11,16H,4-8H2,1-3H3,(H,24,25)(H,27,28). The van der Waals surface area contributed by atoms with E-state index in [1.807, 2.05) is 0 Å². The maximum absolute atomic E-state index is 5.92. The van der Waals surface area contributed by atoms with Crippen molar-refractivity contribution in [2.45, 2.75) is 62.8 Å². The molecule has 2 atom stereocenters. The fourth-order valence-electron chi connectivity index (χ4n) is 4.11. The van der Waals surface area contributed by atoms with Crippen LogP contribution < -0.4 is 4.72 Å². The molecule has 3 aromatic rings. The van der Waals surface area contributed by atoms with Crippen molar-refractivity contribution in [1.29, 1.82) is 0 Å². The highest BCUT2D eigenvalue weighted by atomic mass is 35.5. The first-order valence-corrected chi connectivity index (χ1v) is 11.7. The minimum atomic E-state index is -0.295. The molecule has 2 aliphatic rings. The Morgan fingerprint density at radius 3 is 2.74 bits per heavy atom. The lowest BCUT2D eigenvalue weighted by molar-refractivity contribution is 0.0972. The molecule has 9 nitrogen and oxygen atoms in total. The molecule has 0 bridgehead atoms. The van der Waals surface area contributed by atoms with Crippen LogP contribution in [-0.2, 0) is 23.1 Å². The Hall–Kier alpha value is -2.17. The molecule has 1 fully saturated rings. The summed E-state index contributed by atoms with van der Waals surface area (Å²) in [5.74, 6) is 2.16. The van der Waals surface area contributed by atoms with Gasteiger partial charge < -0.3 is 4.74 Å². The number of nitrogens with zero attached hydrogens (tertiary/aromatic N) is 6. The number of hydrogen-bond donors (Lipinski definition) is 2. The van der Waals surface area contributed by atoms with Gasteiger partial charge in [0.25, 0.3) is 0 Å². The van der Waals surface area contributed by atoms with Crippen molar-refractivity contribution in [3.63, 3.8) is 0 Å². The smallest absolute Gasteiger partial charge is 0.235 e. The zero-order chi connectivity index (χ0) is 21.6. The number of aromatic nitrogens is 7.